The summed E-state index contributed by atoms with van der Waals surface area (Å²) in [6, 6.07) is 0. The van der Waals surface area contributed by atoms with Crippen LogP contribution in [0.2, 0.25) is 0 Å². The summed E-state index contributed by atoms with van der Waals surface area (Å²) in [6.07, 6.45) is 60.8. The molecule has 0 aromatic rings. The number of esters is 3. The van der Waals surface area contributed by atoms with Crippen LogP contribution in [0.15, 0.2) is 36.5 Å². The Hall–Kier alpha value is -3.58. The highest BCUT2D eigenvalue weighted by Crippen LogP contribution is 2.26. The molecule has 0 saturated carbocycles. The molecule has 0 amide bonds. The van der Waals surface area contributed by atoms with Crippen molar-refractivity contribution in [2.75, 3.05) is 79.3 Å². The minimum atomic E-state index is -1.39. The Kier molecular flexibility index (Phi) is 77.4. The molecule has 4 rings (SSSR count). The monoisotopic (exact) mass is 1640 g/mol. The first-order chi connectivity index (χ1) is 54.0. The molecule has 0 aromatic heterocycles. The van der Waals surface area contributed by atoms with E-state index in [1.807, 2.05) is 27.7 Å². The summed E-state index contributed by atoms with van der Waals surface area (Å²) in [5.41, 5.74) is 0. The van der Waals surface area contributed by atoms with Gasteiger partial charge in [-0.3, -0.25) is 4.79 Å². The van der Waals surface area contributed by atoms with Crippen LogP contribution in [0.4, 0.5) is 0 Å². The second kappa shape index (κ2) is 77.1. The van der Waals surface area contributed by atoms with E-state index in [9.17, 15) is 24.0 Å². The largest absolute Gasteiger partial charge is 0.479 e. The van der Waals surface area contributed by atoms with E-state index in [0.29, 0.717) is 33.0 Å². The number of halogens is 1. The number of carboxylic acid groups (broad SMARTS) is 1. The maximum absolute atomic E-state index is 11.9. The van der Waals surface area contributed by atoms with E-state index in [-0.39, 0.29) is 45.1 Å². The summed E-state index contributed by atoms with van der Waals surface area (Å²) in [4.78, 5) is 54.8. The van der Waals surface area contributed by atoms with Gasteiger partial charge in [0.2, 0.25) is 0 Å². The summed E-state index contributed by atoms with van der Waals surface area (Å²) in [5.74, 6) is -5.27. The van der Waals surface area contributed by atoms with Crippen molar-refractivity contribution in [3.05, 3.63) is 36.5 Å². The highest BCUT2D eigenvalue weighted by atomic mass is 35.5. The Morgan fingerprint density at radius 3 is 0.814 bits per heavy atom. The van der Waals surface area contributed by atoms with Crippen LogP contribution < -0.4 is 0 Å². The summed E-state index contributed by atoms with van der Waals surface area (Å²) < 4.78 is 56.5. The van der Waals surface area contributed by atoms with E-state index in [4.69, 9.17) is 110 Å². The van der Waals surface area contributed by atoms with E-state index in [2.05, 4.69) is 57.2 Å². The van der Waals surface area contributed by atoms with Crippen molar-refractivity contribution < 1.29 is 122 Å². The van der Waals surface area contributed by atoms with Gasteiger partial charge in [-0.15, -0.1) is 0 Å². The lowest BCUT2D eigenvalue weighted by Gasteiger charge is -2.16. The van der Waals surface area contributed by atoms with Crippen LogP contribution in [-0.4, -0.2) is 220 Å². The van der Waals surface area contributed by atoms with Gasteiger partial charge >= 0.3 is 23.9 Å². The zero-order valence-electron chi connectivity index (χ0n) is 72.1. The van der Waals surface area contributed by atoms with Crippen molar-refractivity contribution in [3.8, 4) is 0 Å². The summed E-state index contributed by atoms with van der Waals surface area (Å²) in [7, 11) is 0. The molecule has 0 radical (unpaired) electrons. The fourth-order valence-corrected chi connectivity index (χ4v) is 11.4. The lowest BCUT2D eigenvalue weighted by molar-refractivity contribution is -0.170. The first-order valence-corrected chi connectivity index (χ1v) is 43.6. The molecule has 0 aliphatic carbocycles. The quantitative estimate of drug-likeness (QED) is 0.00898. The third kappa shape index (κ3) is 75.6. The molecule has 0 aromatic carbocycles. The number of unbranched alkanes of at least 4 members (excludes halogenated alkanes) is 36. The van der Waals surface area contributed by atoms with E-state index >= 15 is 0 Å². The van der Waals surface area contributed by atoms with Crippen LogP contribution in [0.3, 0.4) is 0 Å². The average molecular weight is 1640 g/mol. The van der Waals surface area contributed by atoms with Gasteiger partial charge in [0.15, 0.2) is 53.7 Å². The van der Waals surface area contributed by atoms with Gasteiger partial charge in [0.05, 0.1) is 79.3 Å². The predicted octanol–water partition coefficient (Wildman–Crippen LogP) is 16.1. The first-order valence-electron chi connectivity index (χ1n) is 43.2. The number of carbonyl (C=O) groups is 5. The number of hydrogen-bond acceptors (Lipinski definition) is 24. The van der Waals surface area contributed by atoms with Gasteiger partial charge in [-0.2, -0.15) is 0 Å². The molecule has 6 unspecified atom stereocenters. The summed E-state index contributed by atoms with van der Waals surface area (Å²) in [5, 5.41) is 75.8. The second-order valence-electron chi connectivity index (χ2n) is 31.0. The molecule has 25 nitrogen and oxygen atoms in total. The highest BCUT2D eigenvalue weighted by Gasteiger charge is 2.39. The maximum Gasteiger partial charge on any atom is 0.337 e. The second-order valence-corrected chi connectivity index (χ2v) is 31.3. The van der Waals surface area contributed by atoms with Gasteiger partial charge < -0.3 is 98.1 Å². The van der Waals surface area contributed by atoms with E-state index in [1.165, 1.54) is 218 Å². The van der Waals surface area contributed by atoms with E-state index < -0.39 is 96.1 Å². The van der Waals surface area contributed by atoms with Crippen LogP contribution in [-0.2, 0) is 76.1 Å². The Bertz CT molecular complexity index is 2200. The first kappa shape index (κ1) is 114. The van der Waals surface area contributed by atoms with Crippen LogP contribution in [0.25, 0.3) is 0 Å². The van der Waals surface area contributed by atoms with Crippen molar-refractivity contribution in [1.82, 2.24) is 0 Å². The number of carboxylic acids is 1. The SMILES string of the molecule is CC1(C)OCC(C(=O)Cl)O1.CC1(C)OCC(C(=O)O)O1.CC1(C)OCC(CO)O1.CCCCCCCC/C=C\CCCCCCCCOC(=O)C(O)CO.CCCCCCCC/C=C\CCCCCCCCOC(=O)C(O)CO.CCCCCCCC/C=C\CCCCCCCCOC(=O)C1COC(C)(C)O1.OCC(O)CO. The molecule has 9 N–H and O–H groups in total. The van der Waals surface area contributed by atoms with Crippen molar-refractivity contribution in [2.24, 2.45) is 0 Å². The van der Waals surface area contributed by atoms with Gasteiger partial charge in [-0.05, 0) is 163 Å². The molecular formula is C87H163ClO25. The third-order valence-corrected chi connectivity index (χ3v) is 18.3. The van der Waals surface area contributed by atoms with Gasteiger partial charge in [-0.1, -0.05) is 231 Å². The van der Waals surface area contributed by atoms with E-state index in [1.54, 1.807) is 27.7 Å². The Balaban J connectivity index is -0.00000132. The predicted molar refractivity (Wildman–Crippen MR) is 443 cm³/mol. The minimum Gasteiger partial charge on any atom is -0.479 e. The van der Waals surface area contributed by atoms with Crippen LogP contribution >= 0.6 is 11.6 Å². The molecule has 0 bridgehead atoms. The van der Waals surface area contributed by atoms with Crippen molar-refractivity contribution in [3.63, 3.8) is 0 Å². The third-order valence-electron chi connectivity index (χ3n) is 18.1. The topological polar surface area (TPSA) is 369 Å². The Morgan fingerprint density at radius 1 is 0.354 bits per heavy atom. The molecule has 4 aliphatic heterocycles. The molecule has 0 spiro atoms. The number of hydrogen-bond donors (Lipinski definition) is 9. The zero-order chi connectivity index (χ0) is 85.1. The number of aliphatic hydroxyl groups is 8. The standard InChI is InChI=1S/C24H44O4.2C21H40O4.C6H9ClO3.C6H10O4.C6H12O3.C3H8O3/c1-4-5-6-7-8-9-10-11-12-13-14-15-16-17-18-19-20-26-23(25)22-21-27-24(2,3)28-22;2*1-2-3-4-5-6-7-8-9-10-11-12-13-14-15-16-17-18-25-21(24)20(23)19-22;2*1-6(2)9-3-4(10-6)5(7)8;1-6(2)8-4-5(3-7)9-6;4-1-3(6)2-5/h11-12,22H,4-10,13-21H2,1-3H3;2*9-10,20,22-23H,2-8,11-19H2,1H3;4H,3H2,1-2H3;4H,3H2,1-2H3,(H,7,8);5,7H,3-4H2,1-2H3;3-6H,1-2H2/b12-11-;2*10-9-;;;;. The molecule has 4 fully saturated rings. The molecule has 668 valence electrons. The molecule has 113 heavy (non-hydrogen) atoms. The average Bonchev–Trinajstić information content (AvgIpc) is 1.73. The molecule has 4 heterocycles. The van der Waals surface area contributed by atoms with Crippen molar-refractivity contribution in [1.29, 1.82) is 0 Å². The maximum atomic E-state index is 11.9. The van der Waals surface area contributed by atoms with E-state index in [0.717, 1.165) is 51.4 Å². The van der Waals surface area contributed by atoms with Crippen molar-refractivity contribution >= 4 is 40.7 Å². The normalized spacial score (nSPS) is 18.8. The molecule has 26 heteroatoms. The van der Waals surface area contributed by atoms with Gasteiger partial charge in [0.25, 0.3) is 5.24 Å². The van der Waals surface area contributed by atoms with Crippen LogP contribution in [0.1, 0.15) is 346 Å². The Labute approximate surface area is 687 Å². The van der Waals surface area contributed by atoms with Gasteiger partial charge in [0, 0.05) is 0 Å². The molecule has 4 saturated heterocycles. The number of carbonyl (C=O) groups excluding carboxylic acids is 4. The zero-order valence-corrected chi connectivity index (χ0v) is 72.9. The number of aliphatic hydroxyl groups excluding tert-OH is 8. The highest BCUT2D eigenvalue weighted by molar-refractivity contribution is 6.64. The smallest absolute Gasteiger partial charge is 0.337 e. The fraction of sp³-hybridized carbons (Fsp3) is 0.874. The number of ether oxygens (including phenoxy) is 11. The molecule has 6 atom stereocenters. The van der Waals surface area contributed by atoms with Gasteiger partial charge in [0.1, 0.15) is 12.2 Å². The Morgan fingerprint density at radius 2 is 0.611 bits per heavy atom. The number of allylic oxidation sites excluding steroid dienone is 6. The molecular weight excluding hydrogens is 1480 g/mol. The van der Waals surface area contributed by atoms with Crippen molar-refractivity contribution in [2.45, 2.75) is 412 Å². The number of aliphatic carboxylic acids is 1. The molecule has 4 aliphatic rings. The van der Waals surface area contributed by atoms with Crippen LogP contribution in [0.5, 0.6) is 0 Å². The minimum absolute atomic E-state index is 0.0451. The van der Waals surface area contributed by atoms with Crippen LogP contribution in [0, 0.1) is 0 Å². The summed E-state index contributed by atoms with van der Waals surface area (Å²) >= 11 is 5.17. The summed E-state index contributed by atoms with van der Waals surface area (Å²) in [6.45, 7) is 21.4. The number of rotatable bonds is 58. The lowest BCUT2D eigenvalue weighted by Crippen LogP contribution is -2.28. The lowest BCUT2D eigenvalue weighted by atomic mass is 10.1. The van der Waals surface area contributed by atoms with Gasteiger partial charge in [-0.25, -0.2) is 19.2 Å². The fourth-order valence-electron chi connectivity index (χ4n) is 11.3.